The molecule has 31 heavy (non-hydrogen) atoms. The van der Waals surface area contributed by atoms with Gasteiger partial charge in [-0.2, -0.15) is 4.98 Å². The average Bonchev–Trinajstić information content (AvgIpc) is 3.44. The fraction of sp³-hybridized carbons (Fsp3) is 0.333. The summed E-state index contributed by atoms with van der Waals surface area (Å²) in [4.78, 5) is 31.0. The molecule has 0 aliphatic carbocycles. The molecule has 1 aromatic heterocycles. The smallest absolute Gasteiger partial charge is 0.311 e. The number of rotatable bonds is 7. The molecule has 1 aliphatic rings. The predicted octanol–water partition coefficient (Wildman–Crippen LogP) is 3.95. The number of likely N-dealkylation sites (tertiary alicyclic amines) is 1. The van der Waals surface area contributed by atoms with E-state index in [0.29, 0.717) is 12.4 Å². The Hall–Kier alpha value is -3.48. The quantitative estimate of drug-likeness (QED) is 0.539. The van der Waals surface area contributed by atoms with Gasteiger partial charge in [0.2, 0.25) is 11.7 Å². The first-order valence-corrected chi connectivity index (χ1v) is 10.5. The maximum absolute atomic E-state index is 12.5. The highest BCUT2D eigenvalue weighted by Gasteiger charge is 2.38. The lowest BCUT2D eigenvalue weighted by atomic mass is 10.1. The molecule has 1 fully saturated rings. The van der Waals surface area contributed by atoms with Crippen LogP contribution in [-0.4, -0.2) is 33.5 Å². The molecule has 0 saturated carbocycles. The molecule has 2 aromatic carbocycles. The molecule has 0 spiro atoms. The second-order valence-corrected chi connectivity index (χ2v) is 7.70. The molecule has 7 heteroatoms. The number of ether oxygens (including phenoxy) is 1. The zero-order chi connectivity index (χ0) is 21.8. The van der Waals surface area contributed by atoms with Crippen LogP contribution in [0.1, 0.15) is 43.3 Å². The fourth-order valence-corrected chi connectivity index (χ4v) is 3.75. The summed E-state index contributed by atoms with van der Waals surface area (Å²) in [6.07, 6.45) is 1.10. The molecule has 4 rings (SSSR count). The summed E-state index contributed by atoms with van der Waals surface area (Å²) in [6, 6.07) is 17.6. The van der Waals surface area contributed by atoms with Crippen LogP contribution in [-0.2, 0) is 27.4 Å². The molecule has 7 nitrogen and oxygen atoms in total. The summed E-state index contributed by atoms with van der Waals surface area (Å²) < 4.78 is 10.6. The number of nitrogens with zero attached hydrogens (tertiary/aromatic N) is 3. The van der Waals surface area contributed by atoms with E-state index >= 15 is 0 Å². The number of amides is 1. The van der Waals surface area contributed by atoms with Gasteiger partial charge in [0.1, 0.15) is 0 Å². The van der Waals surface area contributed by atoms with Crippen molar-refractivity contribution in [2.75, 3.05) is 6.54 Å². The Labute approximate surface area is 181 Å². The Morgan fingerprint density at radius 3 is 2.65 bits per heavy atom. The van der Waals surface area contributed by atoms with E-state index < -0.39 is 11.9 Å². The third-order valence-electron chi connectivity index (χ3n) is 5.67. The third kappa shape index (κ3) is 4.66. The number of hydrogen-bond donors (Lipinski definition) is 0. The van der Waals surface area contributed by atoms with Crippen LogP contribution in [0.15, 0.2) is 59.1 Å². The van der Waals surface area contributed by atoms with Crippen molar-refractivity contribution in [2.24, 2.45) is 5.92 Å². The van der Waals surface area contributed by atoms with Gasteiger partial charge < -0.3 is 14.2 Å². The molecule has 160 valence electrons. The molecule has 0 unspecified atom stereocenters. The zero-order valence-electron chi connectivity index (χ0n) is 17.7. The number of carbonyl (C=O) groups is 2. The lowest BCUT2D eigenvalue weighted by molar-refractivity contribution is -0.150. The van der Waals surface area contributed by atoms with Crippen molar-refractivity contribution in [1.82, 2.24) is 15.0 Å². The van der Waals surface area contributed by atoms with E-state index in [1.807, 2.05) is 61.5 Å². The van der Waals surface area contributed by atoms with E-state index in [-0.39, 0.29) is 30.9 Å². The monoisotopic (exact) mass is 419 g/mol. The largest absolute Gasteiger partial charge is 0.455 e. The lowest BCUT2D eigenvalue weighted by Gasteiger charge is -2.25. The SMILES string of the molecule is CCc1ccc(-c2noc(COC(=O)[C@H]3CC(=O)N([C@H](C)c4ccccc4)C3)n2)cc1. The second kappa shape index (κ2) is 9.12. The van der Waals surface area contributed by atoms with E-state index in [9.17, 15) is 9.59 Å². The van der Waals surface area contributed by atoms with Gasteiger partial charge >= 0.3 is 5.97 Å². The lowest BCUT2D eigenvalue weighted by Crippen LogP contribution is -2.29. The molecule has 0 N–H and O–H groups in total. The van der Waals surface area contributed by atoms with Gasteiger partial charge in [-0.1, -0.05) is 66.7 Å². The molecular weight excluding hydrogens is 394 g/mol. The molecule has 1 saturated heterocycles. The Morgan fingerprint density at radius 2 is 1.94 bits per heavy atom. The molecule has 1 amide bonds. The minimum atomic E-state index is -0.498. The number of aromatic nitrogens is 2. The summed E-state index contributed by atoms with van der Waals surface area (Å²) in [7, 11) is 0. The fourth-order valence-electron chi connectivity index (χ4n) is 3.75. The van der Waals surface area contributed by atoms with E-state index in [0.717, 1.165) is 17.5 Å². The number of aryl methyl sites for hydroxylation is 1. The molecule has 0 bridgehead atoms. The van der Waals surface area contributed by atoms with Crippen LogP contribution >= 0.6 is 0 Å². The van der Waals surface area contributed by atoms with Crippen molar-refractivity contribution in [2.45, 2.75) is 39.3 Å². The highest BCUT2D eigenvalue weighted by Crippen LogP contribution is 2.29. The Kier molecular flexibility index (Phi) is 6.11. The van der Waals surface area contributed by atoms with E-state index in [1.54, 1.807) is 4.90 Å². The third-order valence-corrected chi connectivity index (χ3v) is 5.67. The maximum Gasteiger partial charge on any atom is 0.311 e. The summed E-state index contributed by atoms with van der Waals surface area (Å²) in [5.41, 5.74) is 3.10. The van der Waals surface area contributed by atoms with Crippen molar-refractivity contribution in [3.05, 3.63) is 71.6 Å². The van der Waals surface area contributed by atoms with Gasteiger partial charge in [-0.25, -0.2) is 0 Å². The van der Waals surface area contributed by atoms with Crippen molar-refractivity contribution in [3.63, 3.8) is 0 Å². The van der Waals surface area contributed by atoms with Gasteiger partial charge in [0.05, 0.1) is 12.0 Å². The summed E-state index contributed by atoms with van der Waals surface area (Å²) in [5, 5.41) is 3.96. The van der Waals surface area contributed by atoms with Gasteiger partial charge in [0.25, 0.3) is 5.89 Å². The number of carbonyl (C=O) groups excluding carboxylic acids is 2. The van der Waals surface area contributed by atoms with E-state index in [1.165, 1.54) is 5.56 Å². The topological polar surface area (TPSA) is 85.5 Å². The molecule has 1 aliphatic heterocycles. The minimum absolute atomic E-state index is 0.0473. The molecule has 2 heterocycles. The van der Waals surface area contributed by atoms with Crippen molar-refractivity contribution >= 4 is 11.9 Å². The number of esters is 1. The van der Waals surface area contributed by atoms with E-state index in [2.05, 4.69) is 17.1 Å². The van der Waals surface area contributed by atoms with Crippen LogP contribution in [0.5, 0.6) is 0 Å². The molecular formula is C24H25N3O4. The van der Waals surface area contributed by atoms with Crippen LogP contribution in [0.25, 0.3) is 11.4 Å². The van der Waals surface area contributed by atoms with Crippen LogP contribution < -0.4 is 0 Å². The minimum Gasteiger partial charge on any atom is -0.455 e. The second-order valence-electron chi connectivity index (χ2n) is 7.70. The van der Waals surface area contributed by atoms with Crippen LogP contribution in [0.3, 0.4) is 0 Å². The maximum atomic E-state index is 12.5. The summed E-state index contributed by atoms with van der Waals surface area (Å²) in [6.45, 7) is 4.29. The molecule has 3 aromatic rings. The van der Waals surface area contributed by atoms with E-state index in [4.69, 9.17) is 9.26 Å². The van der Waals surface area contributed by atoms with Crippen LogP contribution in [0, 0.1) is 5.92 Å². The zero-order valence-corrected chi connectivity index (χ0v) is 17.7. The van der Waals surface area contributed by atoms with Gasteiger partial charge in [-0.3, -0.25) is 9.59 Å². The van der Waals surface area contributed by atoms with Gasteiger partial charge in [0, 0.05) is 18.5 Å². The first-order chi connectivity index (χ1) is 15.0. The molecule has 2 atom stereocenters. The van der Waals surface area contributed by atoms with Crippen LogP contribution in [0.4, 0.5) is 0 Å². The standard InChI is InChI=1S/C24H25N3O4/c1-3-17-9-11-19(12-10-17)23-25-21(31-26-23)15-30-24(29)20-13-22(28)27(14-20)16(2)18-7-5-4-6-8-18/h4-12,16,20H,3,13-15H2,1-2H3/t16-,20+/m1/s1. The number of hydrogen-bond acceptors (Lipinski definition) is 6. The highest BCUT2D eigenvalue weighted by atomic mass is 16.6. The first kappa shape index (κ1) is 20.8. The van der Waals surface area contributed by atoms with Crippen LogP contribution in [0.2, 0.25) is 0 Å². The first-order valence-electron chi connectivity index (χ1n) is 10.5. The van der Waals surface area contributed by atoms with Crippen molar-refractivity contribution in [3.8, 4) is 11.4 Å². The van der Waals surface area contributed by atoms with Gasteiger partial charge in [0.15, 0.2) is 6.61 Å². The predicted molar refractivity (Wildman–Crippen MR) is 114 cm³/mol. The Balaban J connectivity index is 1.33. The highest BCUT2D eigenvalue weighted by molar-refractivity contribution is 5.87. The summed E-state index contributed by atoms with van der Waals surface area (Å²) in [5.74, 6) is -0.297. The summed E-state index contributed by atoms with van der Waals surface area (Å²) >= 11 is 0. The normalized spacial score (nSPS) is 17.0. The van der Waals surface area contributed by atoms with Crippen molar-refractivity contribution in [1.29, 1.82) is 0 Å². The Bertz CT molecular complexity index is 1050. The van der Waals surface area contributed by atoms with Gasteiger partial charge in [-0.05, 0) is 24.5 Å². The Morgan fingerprint density at radius 1 is 1.19 bits per heavy atom. The average molecular weight is 419 g/mol. The van der Waals surface area contributed by atoms with Gasteiger partial charge in [-0.15, -0.1) is 0 Å². The number of benzene rings is 2. The molecule has 0 radical (unpaired) electrons. The van der Waals surface area contributed by atoms with Crippen molar-refractivity contribution < 1.29 is 18.8 Å².